The molecule has 0 unspecified atom stereocenters. The number of nitrogens with zero attached hydrogens (tertiary/aromatic N) is 5. The van der Waals surface area contributed by atoms with Crippen LogP contribution >= 0.6 is 0 Å². The summed E-state index contributed by atoms with van der Waals surface area (Å²) in [6.07, 6.45) is 3.18. The van der Waals surface area contributed by atoms with Crippen LogP contribution in [0.3, 0.4) is 0 Å². The molecule has 31 heavy (non-hydrogen) atoms. The van der Waals surface area contributed by atoms with Crippen molar-refractivity contribution in [3.05, 3.63) is 88.4 Å². The first-order chi connectivity index (χ1) is 15.0. The summed E-state index contributed by atoms with van der Waals surface area (Å²) >= 11 is 0. The van der Waals surface area contributed by atoms with Gasteiger partial charge >= 0.3 is 0 Å². The van der Waals surface area contributed by atoms with Crippen LogP contribution in [0.4, 0.5) is 0 Å². The molecule has 1 amide bonds. The van der Waals surface area contributed by atoms with E-state index in [2.05, 4.69) is 20.5 Å². The third-order valence-electron chi connectivity index (χ3n) is 4.91. The zero-order valence-corrected chi connectivity index (χ0v) is 17.5. The highest BCUT2D eigenvalue weighted by Gasteiger charge is 2.17. The number of rotatable bonds is 7. The Hall–Kier alpha value is -3.81. The number of amides is 1. The molecule has 0 aliphatic carbocycles. The van der Waals surface area contributed by atoms with Gasteiger partial charge < -0.3 is 5.32 Å². The number of nitrogens with one attached hydrogen (secondary N) is 1. The Bertz CT molecular complexity index is 1240. The standard InChI is InChI=1S/C23H24N6O2/c1-16(2)12-29-23(31)20-6-4-3-5-19(20)21(27-29)22(30)25-11-17-7-9-18(10-8-17)13-28-15-24-14-26-28/h3-10,14-16H,11-13H2,1-2H3,(H,25,30). The van der Waals surface area contributed by atoms with Crippen molar-refractivity contribution in [2.24, 2.45) is 5.92 Å². The summed E-state index contributed by atoms with van der Waals surface area (Å²) in [5, 5.41) is 12.5. The van der Waals surface area contributed by atoms with Gasteiger partial charge in [0.05, 0.1) is 11.9 Å². The average Bonchev–Trinajstić information content (AvgIpc) is 3.28. The van der Waals surface area contributed by atoms with Crippen molar-refractivity contribution in [1.29, 1.82) is 0 Å². The van der Waals surface area contributed by atoms with Crippen LogP contribution in [0, 0.1) is 5.92 Å². The summed E-state index contributed by atoms with van der Waals surface area (Å²) < 4.78 is 3.14. The number of benzene rings is 2. The van der Waals surface area contributed by atoms with Gasteiger partial charge in [0.25, 0.3) is 11.5 Å². The number of carbonyl (C=O) groups is 1. The van der Waals surface area contributed by atoms with Crippen LogP contribution in [0.15, 0.2) is 66.0 Å². The zero-order chi connectivity index (χ0) is 21.8. The number of hydrogen-bond acceptors (Lipinski definition) is 5. The molecule has 1 N–H and O–H groups in total. The summed E-state index contributed by atoms with van der Waals surface area (Å²) in [4.78, 5) is 29.6. The van der Waals surface area contributed by atoms with Crippen LogP contribution in [0.1, 0.15) is 35.5 Å². The Morgan fingerprint density at radius 2 is 1.74 bits per heavy atom. The normalized spacial score (nSPS) is 11.2. The molecule has 0 fully saturated rings. The van der Waals surface area contributed by atoms with Crippen LogP contribution < -0.4 is 10.9 Å². The molecule has 0 radical (unpaired) electrons. The van der Waals surface area contributed by atoms with Gasteiger partial charge in [-0.1, -0.05) is 56.3 Å². The van der Waals surface area contributed by atoms with Gasteiger partial charge in [0, 0.05) is 18.5 Å². The lowest BCUT2D eigenvalue weighted by atomic mass is 10.1. The lowest BCUT2D eigenvalue weighted by Crippen LogP contribution is -2.31. The minimum absolute atomic E-state index is 0.177. The van der Waals surface area contributed by atoms with Gasteiger partial charge in [-0.05, 0) is 23.1 Å². The molecular formula is C23H24N6O2. The molecule has 4 aromatic rings. The van der Waals surface area contributed by atoms with E-state index in [1.165, 1.54) is 11.0 Å². The van der Waals surface area contributed by atoms with Crippen molar-refractivity contribution in [2.75, 3.05) is 0 Å². The van der Waals surface area contributed by atoms with Crippen molar-refractivity contribution in [3.8, 4) is 0 Å². The second-order valence-electron chi connectivity index (χ2n) is 7.87. The fraction of sp³-hybridized carbons (Fsp3) is 0.261. The third kappa shape index (κ3) is 4.69. The van der Waals surface area contributed by atoms with E-state index in [4.69, 9.17) is 0 Å². The van der Waals surface area contributed by atoms with Crippen LogP contribution in [0.2, 0.25) is 0 Å². The zero-order valence-electron chi connectivity index (χ0n) is 17.5. The second-order valence-corrected chi connectivity index (χ2v) is 7.87. The van der Waals surface area contributed by atoms with Crippen molar-refractivity contribution >= 4 is 16.7 Å². The highest BCUT2D eigenvalue weighted by Crippen LogP contribution is 2.14. The van der Waals surface area contributed by atoms with E-state index in [0.717, 1.165) is 11.1 Å². The van der Waals surface area contributed by atoms with Gasteiger partial charge in [-0.2, -0.15) is 10.2 Å². The molecule has 8 nitrogen and oxygen atoms in total. The molecule has 0 spiro atoms. The molecule has 0 atom stereocenters. The van der Waals surface area contributed by atoms with Crippen LogP contribution in [0.5, 0.6) is 0 Å². The lowest BCUT2D eigenvalue weighted by Gasteiger charge is -2.13. The Balaban J connectivity index is 1.52. The van der Waals surface area contributed by atoms with Crippen molar-refractivity contribution in [1.82, 2.24) is 29.9 Å². The third-order valence-corrected chi connectivity index (χ3v) is 4.91. The number of aromatic nitrogens is 5. The van der Waals surface area contributed by atoms with Gasteiger partial charge in [-0.15, -0.1) is 0 Å². The van der Waals surface area contributed by atoms with Crippen LogP contribution in [-0.4, -0.2) is 30.5 Å². The first-order valence-corrected chi connectivity index (χ1v) is 10.2. The van der Waals surface area contributed by atoms with Gasteiger partial charge in [0.15, 0.2) is 5.69 Å². The molecule has 0 saturated heterocycles. The van der Waals surface area contributed by atoms with Gasteiger partial charge in [-0.25, -0.2) is 14.3 Å². The maximum atomic E-state index is 13.0. The molecule has 0 aliphatic rings. The van der Waals surface area contributed by atoms with E-state index in [9.17, 15) is 9.59 Å². The van der Waals surface area contributed by atoms with Crippen molar-refractivity contribution < 1.29 is 4.79 Å². The van der Waals surface area contributed by atoms with E-state index in [1.807, 2.05) is 38.1 Å². The predicted octanol–water partition coefficient (Wildman–Crippen LogP) is 2.62. The van der Waals surface area contributed by atoms with E-state index in [0.29, 0.717) is 30.4 Å². The highest BCUT2D eigenvalue weighted by atomic mass is 16.2. The molecule has 0 saturated carbocycles. The van der Waals surface area contributed by atoms with E-state index in [-0.39, 0.29) is 23.1 Å². The Morgan fingerprint density at radius 3 is 2.42 bits per heavy atom. The first-order valence-electron chi connectivity index (χ1n) is 10.2. The molecule has 4 rings (SSSR count). The lowest BCUT2D eigenvalue weighted by molar-refractivity contribution is 0.0945. The Kier molecular flexibility index (Phi) is 5.88. The summed E-state index contributed by atoms with van der Waals surface area (Å²) in [6, 6.07) is 15.0. The van der Waals surface area contributed by atoms with E-state index >= 15 is 0 Å². The van der Waals surface area contributed by atoms with Crippen molar-refractivity contribution in [3.63, 3.8) is 0 Å². The Labute approximate surface area is 179 Å². The molecule has 0 bridgehead atoms. The first kappa shape index (κ1) is 20.5. The quantitative estimate of drug-likeness (QED) is 0.500. The van der Waals surface area contributed by atoms with Crippen LogP contribution in [0.25, 0.3) is 10.8 Å². The molecule has 2 aromatic carbocycles. The number of hydrogen-bond donors (Lipinski definition) is 1. The minimum atomic E-state index is -0.305. The highest BCUT2D eigenvalue weighted by molar-refractivity contribution is 6.04. The molecule has 0 aliphatic heterocycles. The van der Waals surface area contributed by atoms with Gasteiger partial charge in [0.1, 0.15) is 12.7 Å². The SMILES string of the molecule is CC(C)Cn1nc(C(=O)NCc2ccc(Cn3cncn3)cc2)c2ccccc2c1=O. The maximum absolute atomic E-state index is 13.0. The topological polar surface area (TPSA) is 94.7 Å². The molecule has 2 aromatic heterocycles. The molecular weight excluding hydrogens is 392 g/mol. The second kappa shape index (κ2) is 8.91. The molecule has 8 heteroatoms. The van der Waals surface area contributed by atoms with E-state index in [1.54, 1.807) is 35.3 Å². The molecule has 2 heterocycles. The maximum Gasteiger partial charge on any atom is 0.274 e. The summed E-state index contributed by atoms with van der Waals surface area (Å²) in [6.45, 7) is 5.48. The van der Waals surface area contributed by atoms with E-state index < -0.39 is 0 Å². The monoisotopic (exact) mass is 416 g/mol. The fourth-order valence-electron chi connectivity index (χ4n) is 3.40. The van der Waals surface area contributed by atoms with Gasteiger partial charge in [0.2, 0.25) is 0 Å². The number of fused-ring (bicyclic) bond motifs is 1. The Morgan fingerprint density at radius 1 is 1.03 bits per heavy atom. The molecule has 158 valence electrons. The largest absolute Gasteiger partial charge is 0.347 e. The minimum Gasteiger partial charge on any atom is -0.347 e. The number of carbonyl (C=O) groups excluding carboxylic acids is 1. The predicted molar refractivity (Wildman–Crippen MR) is 118 cm³/mol. The summed E-state index contributed by atoms with van der Waals surface area (Å²) in [5.41, 5.74) is 2.15. The summed E-state index contributed by atoms with van der Waals surface area (Å²) in [5.74, 6) is -0.0706. The fourth-order valence-corrected chi connectivity index (χ4v) is 3.40. The smallest absolute Gasteiger partial charge is 0.274 e. The van der Waals surface area contributed by atoms with Gasteiger partial charge in [-0.3, -0.25) is 9.59 Å². The average molecular weight is 416 g/mol. The van der Waals surface area contributed by atoms with Crippen LogP contribution in [-0.2, 0) is 19.6 Å². The summed E-state index contributed by atoms with van der Waals surface area (Å²) in [7, 11) is 0. The van der Waals surface area contributed by atoms with Crippen molar-refractivity contribution in [2.45, 2.75) is 33.5 Å².